The van der Waals surface area contributed by atoms with Crippen LogP contribution < -0.4 is 5.73 Å². The lowest BCUT2D eigenvalue weighted by atomic mass is 9.81. The van der Waals surface area contributed by atoms with E-state index in [1.165, 1.54) is 37.7 Å². The van der Waals surface area contributed by atoms with Gasteiger partial charge >= 0.3 is 0 Å². The van der Waals surface area contributed by atoms with Gasteiger partial charge in [-0.3, -0.25) is 4.68 Å². The quantitative estimate of drug-likeness (QED) is 0.858. The fourth-order valence-corrected chi connectivity index (χ4v) is 3.28. The molecule has 1 aromatic rings. The summed E-state index contributed by atoms with van der Waals surface area (Å²) in [6, 6.07) is 0.133. The summed E-state index contributed by atoms with van der Waals surface area (Å²) in [7, 11) is 3.76. The minimum absolute atomic E-state index is 0.133. The molecule has 0 saturated heterocycles. The summed E-state index contributed by atoms with van der Waals surface area (Å²) in [5, 5.41) is 4.19. The molecule has 2 unspecified atom stereocenters. The fraction of sp³-hybridized carbons (Fsp3) is 0.800. The molecule has 1 aliphatic carbocycles. The first-order valence-electron chi connectivity index (χ1n) is 7.46. The zero-order chi connectivity index (χ0) is 13.7. The lowest BCUT2D eigenvalue weighted by Gasteiger charge is -2.33. The second-order valence-electron chi connectivity index (χ2n) is 5.82. The average Bonchev–Trinajstić information content (AvgIpc) is 2.84. The van der Waals surface area contributed by atoms with Gasteiger partial charge in [0.1, 0.15) is 0 Å². The van der Waals surface area contributed by atoms with Crippen LogP contribution >= 0.6 is 0 Å². The third-order valence-electron chi connectivity index (χ3n) is 4.33. The van der Waals surface area contributed by atoms with Crippen molar-refractivity contribution in [3.63, 3.8) is 0 Å². The van der Waals surface area contributed by atoms with Gasteiger partial charge in [-0.25, -0.2) is 0 Å². The molecule has 108 valence electrons. The first-order valence-corrected chi connectivity index (χ1v) is 7.46. The molecule has 1 saturated carbocycles. The average molecular weight is 265 g/mol. The summed E-state index contributed by atoms with van der Waals surface area (Å²) < 4.78 is 7.54. The summed E-state index contributed by atoms with van der Waals surface area (Å²) in [6.07, 6.45) is 12.8. The van der Waals surface area contributed by atoms with Crippen LogP contribution in [0.4, 0.5) is 0 Å². The van der Waals surface area contributed by atoms with Gasteiger partial charge in [-0.15, -0.1) is 0 Å². The number of rotatable bonds is 6. The number of ether oxygens (including phenoxy) is 1. The minimum atomic E-state index is 0.133. The summed E-state index contributed by atoms with van der Waals surface area (Å²) in [6.45, 7) is 0. The summed E-state index contributed by atoms with van der Waals surface area (Å²) in [5.74, 6) is 0.655. The van der Waals surface area contributed by atoms with Crippen LogP contribution in [-0.4, -0.2) is 29.0 Å². The minimum Gasteiger partial charge on any atom is -0.380 e. The first kappa shape index (κ1) is 14.5. The van der Waals surface area contributed by atoms with E-state index in [1.54, 1.807) is 0 Å². The van der Waals surface area contributed by atoms with Crippen molar-refractivity contribution in [3.8, 4) is 0 Å². The molecule has 0 aromatic carbocycles. The monoisotopic (exact) mass is 265 g/mol. The molecule has 0 amide bonds. The molecule has 1 aliphatic rings. The number of methoxy groups -OCH3 is 1. The molecule has 1 fully saturated rings. The Bertz CT molecular complexity index is 371. The third kappa shape index (κ3) is 4.05. The number of aromatic nitrogens is 2. The Hall–Kier alpha value is -0.870. The molecular weight excluding hydrogens is 238 g/mol. The zero-order valence-electron chi connectivity index (χ0n) is 12.2. The molecule has 4 nitrogen and oxygen atoms in total. The molecule has 0 aliphatic heterocycles. The highest BCUT2D eigenvalue weighted by Crippen LogP contribution is 2.29. The number of aryl methyl sites for hydroxylation is 2. The second kappa shape index (κ2) is 7.06. The van der Waals surface area contributed by atoms with Crippen LogP contribution in [0.25, 0.3) is 0 Å². The molecule has 0 spiro atoms. The van der Waals surface area contributed by atoms with Gasteiger partial charge in [0.05, 0.1) is 12.3 Å². The second-order valence-corrected chi connectivity index (χ2v) is 5.82. The topological polar surface area (TPSA) is 53.1 Å². The Balaban J connectivity index is 1.83. The van der Waals surface area contributed by atoms with Gasteiger partial charge in [0.2, 0.25) is 0 Å². The highest BCUT2D eigenvalue weighted by Gasteiger charge is 2.28. The van der Waals surface area contributed by atoms with Gasteiger partial charge in [0.15, 0.2) is 0 Å². The maximum atomic E-state index is 6.36. The molecule has 4 heteroatoms. The SMILES string of the molecule is COC(C(N)CCc1cnn(C)c1)C1CCCCC1. The van der Waals surface area contributed by atoms with Crippen LogP contribution in [0.3, 0.4) is 0 Å². The van der Waals surface area contributed by atoms with Crippen molar-refractivity contribution in [2.45, 2.75) is 57.1 Å². The highest BCUT2D eigenvalue weighted by atomic mass is 16.5. The smallest absolute Gasteiger partial charge is 0.0750 e. The maximum absolute atomic E-state index is 6.36. The first-order chi connectivity index (χ1) is 9.20. The molecule has 1 heterocycles. The number of nitrogens with zero attached hydrogens (tertiary/aromatic N) is 2. The lowest BCUT2D eigenvalue weighted by molar-refractivity contribution is 0.0160. The van der Waals surface area contributed by atoms with Gasteiger partial charge in [-0.2, -0.15) is 5.10 Å². The third-order valence-corrected chi connectivity index (χ3v) is 4.33. The predicted molar refractivity (Wildman–Crippen MR) is 76.9 cm³/mol. The van der Waals surface area contributed by atoms with E-state index in [4.69, 9.17) is 10.5 Å². The van der Waals surface area contributed by atoms with Crippen LogP contribution in [0.2, 0.25) is 0 Å². The van der Waals surface area contributed by atoms with E-state index < -0.39 is 0 Å². The summed E-state index contributed by atoms with van der Waals surface area (Å²) in [5.41, 5.74) is 7.62. The van der Waals surface area contributed by atoms with Crippen LogP contribution in [0.1, 0.15) is 44.1 Å². The van der Waals surface area contributed by atoms with E-state index >= 15 is 0 Å². The molecule has 2 N–H and O–H groups in total. The van der Waals surface area contributed by atoms with Crippen molar-refractivity contribution < 1.29 is 4.74 Å². The lowest BCUT2D eigenvalue weighted by Crippen LogP contribution is -2.42. The van der Waals surface area contributed by atoms with Gasteiger partial charge < -0.3 is 10.5 Å². The predicted octanol–water partition coefficient (Wildman–Crippen LogP) is 2.28. The van der Waals surface area contributed by atoms with Gasteiger partial charge in [-0.1, -0.05) is 19.3 Å². The van der Waals surface area contributed by atoms with E-state index in [2.05, 4.69) is 11.3 Å². The van der Waals surface area contributed by atoms with Crippen molar-refractivity contribution in [1.29, 1.82) is 0 Å². The standard InChI is InChI=1S/C15H27N3O/c1-18-11-12(10-17-18)8-9-14(16)15(19-2)13-6-4-3-5-7-13/h10-11,13-15H,3-9,16H2,1-2H3. The Kier molecular flexibility index (Phi) is 5.40. The van der Waals surface area contributed by atoms with Crippen molar-refractivity contribution in [1.82, 2.24) is 9.78 Å². The maximum Gasteiger partial charge on any atom is 0.0750 e. The zero-order valence-corrected chi connectivity index (χ0v) is 12.2. The van der Waals surface area contributed by atoms with Crippen molar-refractivity contribution in [2.24, 2.45) is 18.7 Å². The van der Waals surface area contributed by atoms with E-state index in [0.29, 0.717) is 5.92 Å². The normalized spacial score (nSPS) is 20.4. The van der Waals surface area contributed by atoms with E-state index in [1.807, 2.05) is 25.0 Å². The Morgan fingerprint density at radius 1 is 1.42 bits per heavy atom. The van der Waals surface area contributed by atoms with Crippen LogP contribution in [0, 0.1) is 5.92 Å². The van der Waals surface area contributed by atoms with Crippen molar-refractivity contribution in [3.05, 3.63) is 18.0 Å². The number of nitrogens with two attached hydrogens (primary N) is 1. The molecule has 19 heavy (non-hydrogen) atoms. The highest BCUT2D eigenvalue weighted by molar-refractivity contribution is 5.04. The van der Waals surface area contributed by atoms with Crippen molar-refractivity contribution in [2.75, 3.05) is 7.11 Å². The summed E-state index contributed by atoms with van der Waals surface area (Å²) >= 11 is 0. The molecule has 2 atom stereocenters. The molecular formula is C15H27N3O. The van der Waals surface area contributed by atoms with Gasteiger partial charge in [0, 0.05) is 26.4 Å². The Morgan fingerprint density at radius 3 is 2.74 bits per heavy atom. The molecule has 1 aromatic heterocycles. The van der Waals surface area contributed by atoms with E-state index in [0.717, 1.165) is 12.8 Å². The largest absolute Gasteiger partial charge is 0.380 e. The molecule has 0 bridgehead atoms. The molecule has 2 rings (SSSR count). The number of hydrogen-bond acceptors (Lipinski definition) is 3. The van der Waals surface area contributed by atoms with E-state index in [-0.39, 0.29) is 12.1 Å². The van der Waals surface area contributed by atoms with Crippen LogP contribution in [-0.2, 0) is 18.2 Å². The van der Waals surface area contributed by atoms with Crippen LogP contribution in [0.15, 0.2) is 12.4 Å². The van der Waals surface area contributed by atoms with Crippen molar-refractivity contribution >= 4 is 0 Å². The molecule has 0 radical (unpaired) electrons. The van der Waals surface area contributed by atoms with Crippen LogP contribution in [0.5, 0.6) is 0 Å². The number of hydrogen-bond donors (Lipinski definition) is 1. The Morgan fingerprint density at radius 2 is 2.16 bits per heavy atom. The van der Waals surface area contributed by atoms with Gasteiger partial charge in [-0.05, 0) is 37.2 Å². The fourth-order valence-electron chi connectivity index (χ4n) is 3.28. The Labute approximate surface area is 116 Å². The van der Waals surface area contributed by atoms with Gasteiger partial charge in [0.25, 0.3) is 0 Å². The summed E-state index contributed by atoms with van der Waals surface area (Å²) in [4.78, 5) is 0. The van der Waals surface area contributed by atoms with E-state index in [9.17, 15) is 0 Å².